The van der Waals surface area contributed by atoms with Crippen LogP contribution in [0.25, 0.3) is 0 Å². The second kappa shape index (κ2) is 6.15. The lowest BCUT2D eigenvalue weighted by Gasteiger charge is -2.25. The van der Waals surface area contributed by atoms with Crippen LogP contribution in [-0.4, -0.2) is 11.0 Å². The molecule has 0 radical (unpaired) electrons. The average molecular weight is 234 g/mol. The highest BCUT2D eigenvalue weighted by Crippen LogP contribution is 2.26. The molecule has 0 aromatic carbocycles. The minimum absolute atomic E-state index is 0.224. The summed E-state index contributed by atoms with van der Waals surface area (Å²) >= 11 is 0. The molecule has 1 aromatic rings. The summed E-state index contributed by atoms with van der Waals surface area (Å²) < 4.78 is 0. The van der Waals surface area contributed by atoms with Gasteiger partial charge in [-0.2, -0.15) is 0 Å². The van der Waals surface area contributed by atoms with Gasteiger partial charge in [0.1, 0.15) is 0 Å². The Kier molecular flexibility index (Phi) is 5.13. The van der Waals surface area contributed by atoms with Crippen LogP contribution in [0.1, 0.15) is 46.2 Å². The summed E-state index contributed by atoms with van der Waals surface area (Å²) in [6.07, 6.45) is 5.02. The Morgan fingerprint density at radius 3 is 2.53 bits per heavy atom. The molecule has 0 spiro atoms. The fourth-order valence-electron chi connectivity index (χ4n) is 2.52. The summed E-state index contributed by atoms with van der Waals surface area (Å²) in [6.45, 7) is 9.15. The number of hydrogen-bond acceptors (Lipinski definition) is 2. The van der Waals surface area contributed by atoms with E-state index in [0.717, 1.165) is 18.5 Å². The number of nitrogens with zero attached hydrogens (tertiary/aromatic N) is 1. The van der Waals surface area contributed by atoms with Gasteiger partial charge in [-0.1, -0.05) is 33.8 Å². The summed E-state index contributed by atoms with van der Waals surface area (Å²) in [5.41, 5.74) is 7.68. The Morgan fingerprint density at radius 2 is 2.00 bits per heavy atom. The SMILES string of the molecule is CC(CC(N)Cc1ccccn1)CC(C)(C)C. The average Bonchev–Trinajstić information content (AvgIpc) is 2.15. The van der Waals surface area contributed by atoms with E-state index >= 15 is 0 Å². The zero-order valence-electron chi connectivity index (χ0n) is 11.6. The summed E-state index contributed by atoms with van der Waals surface area (Å²) in [5.74, 6) is 0.675. The van der Waals surface area contributed by atoms with E-state index in [1.165, 1.54) is 6.42 Å². The number of rotatable bonds is 5. The van der Waals surface area contributed by atoms with E-state index in [2.05, 4.69) is 32.7 Å². The lowest BCUT2D eigenvalue weighted by atomic mass is 9.82. The first-order valence-electron chi connectivity index (χ1n) is 6.52. The second-order valence-corrected chi connectivity index (χ2v) is 6.39. The topological polar surface area (TPSA) is 38.9 Å². The molecule has 0 aliphatic carbocycles. The van der Waals surface area contributed by atoms with Crippen LogP contribution in [0, 0.1) is 11.3 Å². The molecule has 2 atom stereocenters. The van der Waals surface area contributed by atoms with E-state index in [0.29, 0.717) is 11.3 Å². The highest BCUT2D eigenvalue weighted by Gasteiger charge is 2.17. The molecule has 1 heterocycles. The molecular weight excluding hydrogens is 208 g/mol. The molecule has 0 amide bonds. The van der Waals surface area contributed by atoms with E-state index in [9.17, 15) is 0 Å². The fourth-order valence-corrected chi connectivity index (χ4v) is 2.52. The van der Waals surface area contributed by atoms with Gasteiger partial charge >= 0.3 is 0 Å². The first-order valence-corrected chi connectivity index (χ1v) is 6.52. The number of nitrogens with two attached hydrogens (primary N) is 1. The van der Waals surface area contributed by atoms with E-state index < -0.39 is 0 Å². The predicted octanol–water partition coefficient (Wildman–Crippen LogP) is 3.41. The Balaban J connectivity index is 2.37. The minimum Gasteiger partial charge on any atom is -0.327 e. The van der Waals surface area contributed by atoms with Crippen molar-refractivity contribution in [3.05, 3.63) is 30.1 Å². The van der Waals surface area contributed by atoms with Gasteiger partial charge in [0.25, 0.3) is 0 Å². The molecule has 0 aliphatic rings. The van der Waals surface area contributed by atoms with Crippen LogP contribution < -0.4 is 5.73 Å². The van der Waals surface area contributed by atoms with Crippen LogP contribution in [-0.2, 0) is 6.42 Å². The van der Waals surface area contributed by atoms with Crippen molar-refractivity contribution in [1.29, 1.82) is 0 Å². The van der Waals surface area contributed by atoms with Crippen molar-refractivity contribution >= 4 is 0 Å². The molecule has 0 saturated carbocycles. The van der Waals surface area contributed by atoms with E-state index in [1.54, 1.807) is 0 Å². The van der Waals surface area contributed by atoms with E-state index in [-0.39, 0.29) is 6.04 Å². The maximum absolute atomic E-state index is 6.19. The molecule has 0 aliphatic heterocycles. The summed E-state index contributed by atoms with van der Waals surface area (Å²) in [4.78, 5) is 4.32. The first-order chi connectivity index (χ1) is 7.87. The van der Waals surface area contributed by atoms with Crippen molar-refractivity contribution in [3.63, 3.8) is 0 Å². The van der Waals surface area contributed by atoms with Crippen LogP contribution in [0.5, 0.6) is 0 Å². The van der Waals surface area contributed by atoms with Crippen LogP contribution in [0.2, 0.25) is 0 Å². The molecule has 2 nitrogen and oxygen atoms in total. The number of aromatic nitrogens is 1. The molecule has 2 N–H and O–H groups in total. The zero-order chi connectivity index (χ0) is 12.9. The summed E-state index contributed by atoms with van der Waals surface area (Å²) in [7, 11) is 0. The van der Waals surface area contributed by atoms with Crippen molar-refractivity contribution in [1.82, 2.24) is 4.98 Å². The van der Waals surface area contributed by atoms with E-state index in [1.807, 2.05) is 24.4 Å². The lowest BCUT2D eigenvalue weighted by Crippen LogP contribution is -2.27. The molecule has 1 rings (SSSR count). The summed E-state index contributed by atoms with van der Waals surface area (Å²) in [5, 5.41) is 0. The Bertz CT molecular complexity index is 313. The number of pyridine rings is 1. The largest absolute Gasteiger partial charge is 0.327 e. The van der Waals surface area contributed by atoms with Gasteiger partial charge in [0.15, 0.2) is 0 Å². The Labute approximate surface area is 106 Å². The molecule has 0 bridgehead atoms. The van der Waals surface area contributed by atoms with Crippen molar-refractivity contribution < 1.29 is 0 Å². The third kappa shape index (κ3) is 6.42. The lowest BCUT2D eigenvalue weighted by molar-refractivity contribution is 0.285. The van der Waals surface area contributed by atoms with Gasteiger partial charge in [0, 0.05) is 24.4 Å². The molecule has 0 saturated heterocycles. The van der Waals surface area contributed by atoms with Crippen molar-refractivity contribution in [2.24, 2.45) is 17.1 Å². The van der Waals surface area contributed by atoms with Crippen LogP contribution in [0.15, 0.2) is 24.4 Å². The number of hydrogen-bond donors (Lipinski definition) is 1. The standard InChI is InChI=1S/C15H26N2/c1-12(11-15(2,3)4)9-13(16)10-14-7-5-6-8-17-14/h5-8,12-13H,9-11,16H2,1-4H3. The third-order valence-electron chi connectivity index (χ3n) is 2.86. The molecule has 0 fully saturated rings. The van der Waals surface area contributed by atoms with Crippen molar-refractivity contribution in [3.8, 4) is 0 Å². The predicted molar refractivity (Wildman–Crippen MR) is 73.8 cm³/mol. The quantitative estimate of drug-likeness (QED) is 0.848. The smallest absolute Gasteiger partial charge is 0.0419 e. The van der Waals surface area contributed by atoms with E-state index in [4.69, 9.17) is 5.73 Å². The van der Waals surface area contributed by atoms with Gasteiger partial charge in [0.2, 0.25) is 0 Å². The normalized spacial score (nSPS) is 15.6. The Morgan fingerprint density at radius 1 is 1.29 bits per heavy atom. The summed E-state index contributed by atoms with van der Waals surface area (Å²) in [6, 6.07) is 6.24. The molecule has 2 heteroatoms. The molecule has 96 valence electrons. The van der Waals surface area contributed by atoms with Crippen LogP contribution in [0.3, 0.4) is 0 Å². The maximum atomic E-state index is 6.19. The highest BCUT2D eigenvalue weighted by atomic mass is 14.7. The van der Waals surface area contributed by atoms with Crippen LogP contribution >= 0.6 is 0 Å². The van der Waals surface area contributed by atoms with Gasteiger partial charge in [-0.05, 0) is 36.3 Å². The second-order valence-electron chi connectivity index (χ2n) is 6.39. The van der Waals surface area contributed by atoms with Crippen molar-refractivity contribution in [2.45, 2.75) is 53.0 Å². The fraction of sp³-hybridized carbons (Fsp3) is 0.667. The third-order valence-corrected chi connectivity index (χ3v) is 2.86. The molecular formula is C15H26N2. The minimum atomic E-state index is 0.224. The molecule has 1 aromatic heterocycles. The van der Waals surface area contributed by atoms with Gasteiger partial charge in [-0.3, -0.25) is 4.98 Å². The monoisotopic (exact) mass is 234 g/mol. The van der Waals surface area contributed by atoms with Crippen molar-refractivity contribution in [2.75, 3.05) is 0 Å². The maximum Gasteiger partial charge on any atom is 0.0419 e. The first kappa shape index (κ1) is 14.2. The van der Waals surface area contributed by atoms with Gasteiger partial charge < -0.3 is 5.73 Å². The highest BCUT2D eigenvalue weighted by molar-refractivity contribution is 5.05. The van der Waals surface area contributed by atoms with Gasteiger partial charge in [-0.15, -0.1) is 0 Å². The molecule has 2 unspecified atom stereocenters. The Hall–Kier alpha value is -0.890. The van der Waals surface area contributed by atoms with Gasteiger partial charge in [0.05, 0.1) is 0 Å². The zero-order valence-corrected chi connectivity index (χ0v) is 11.6. The van der Waals surface area contributed by atoms with Crippen LogP contribution in [0.4, 0.5) is 0 Å². The molecule has 17 heavy (non-hydrogen) atoms. The van der Waals surface area contributed by atoms with Gasteiger partial charge in [-0.25, -0.2) is 0 Å².